The normalized spacial score (nSPS) is 21.2. The molecule has 0 radical (unpaired) electrons. The number of hydrogen-bond acceptors (Lipinski definition) is 5. The highest BCUT2D eigenvalue weighted by molar-refractivity contribution is 5.16. The Morgan fingerprint density at radius 3 is 2.79 bits per heavy atom. The molecule has 3 heterocycles. The van der Waals surface area contributed by atoms with E-state index in [1.165, 1.54) is 24.1 Å². The first-order valence-electron chi connectivity index (χ1n) is 8.84. The summed E-state index contributed by atoms with van der Waals surface area (Å²) in [4.78, 5) is 2.45. The molecule has 0 amide bonds. The van der Waals surface area contributed by atoms with Gasteiger partial charge in [0, 0.05) is 44.5 Å². The van der Waals surface area contributed by atoms with E-state index in [0.717, 1.165) is 43.8 Å². The van der Waals surface area contributed by atoms with E-state index in [0.29, 0.717) is 6.61 Å². The molecule has 1 aliphatic carbocycles. The number of nitrogens with zero attached hydrogens (tertiary/aromatic N) is 6. The van der Waals surface area contributed by atoms with Crippen molar-refractivity contribution in [3.8, 4) is 0 Å². The van der Waals surface area contributed by atoms with Crippen LogP contribution in [-0.2, 0) is 31.5 Å². The lowest BCUT2D eigenvalue weighted by atomic mass is 10.1. The largest absolute Gasteiger partial charge is 0.373 e. The van der Waals surface area contributed by atoms with Gasteiger partial charge >= 0.3 is 0 Å². The first kappa shape index (κ1) is 15.8. The van der Waals surface area contributed by atoms with Crippen LogP contribution in [0.4, 0.5) is 0 Å². The molecule has 1 atom stereocenters. The average molecular weight is 330 g/mol. The third-order valence-electron chi connectivity index (χ3n) is 5.38. The zero-order chi connectivity index (χ0) is 16.7. The minimum Gasteiger partial charge on any atom is -0.373 e. The Kier molecular flexibility index (Phi) is 4.14. The number of hydrogen-bond donors (Lipinski definition) is 0. The molecule has 24 heavy (non-hydrogen) atoms. The molecule has 7 nitrogen and oxygen atoms in total. The van der Waals surface area contributed by atoms with Crippen molar-refractivity contribution in [3.05, 3.63) is 29.1 Å². The van der Waals surface area contributed by atoms with Crippen molar-refractivity contribution in [2.45, 2.75) is 52.4 Å². The van der Waals surface area contributed by atoms with E-state index in [1.807, 2.05) is 17.9 Å². The number of aryl methyl sites for hydroxylation is 1. The van der Waals surface area contributed by atoms with Gasteiger partial charge in [0.2, 0.25) is 0 Å². The minimum absolute atomic E-state index is 0.253. The summed E-state index contributed by atoms with van der Waals surface area (Å²) >= 11 is 0. The Morgan fingerprint density at radius 2 is 2.08 bits per heavy atom. The molecule has 0 bridgehead atoms. The summed E-state index contributed by atoms with van der Waals surface area (Å²) in [6, 6.07) is 0.253. The molecule has 1 saturated carbocycles. The second-order valence-electron chi connectivity index (χ2n) is 7.11. The lowest BCUT2D eigenvalue weighted by Gasteiger charge is -2.33. The molecule has 130 valence electrons. The van der Waals surface area contributed by atoms with Crippen LogP contribution in [0, 0.1) is 12.8 Å². The van der Waals surface area contributed by atoms with Crippen LogP contribution in [0.2, 0.25) is 0 Å². The summed E-state index contributed by atoms with van der Waals surface area (Å²) in [7, 11) is 1.99. The van der Waals surface area contributed by atoms with Crippen molar-refractivity contribution in [1.82, 2.24) is 29.4 Å². The smallest absolute Gasteiger partial charge is 0.159 e. The maximum atomic E-state index is 5.80. The van der Waals surface area contributed by atoms with Gasteiger partial charge in [-0.05, 0) is 32.6 Å². The maximum Gasteiger partial charge on any atom is 0.159 e. The molecular weight excluding hydrogens is 304 g/mol. The molecule has 0 spiro atoms. The quantitative estimate of drug-likeness (QED) is 0.808. The van der Waals surface area contributed by atoms with Crippen LogP contribution in [0.3, 0.4) is 0 Å². The van der Waals surface area contributed by atoms with E-state index in [2.05, 4.69) is 38.6 Å². The Hall–Kier alpha value is -1.73. The fraction of sp³-hybridized carbons (Fsp3) is 0.706. The molecule has 7 heteroatoms. The highest BCUT2D eigenvalue weighted by Crippen LogP contribution is 2.30. The highest BCUT2D eigenvalue weighted by Gasteiger charge is 2.29. The fourth-order valence-corrected chi connectivity index (χ4v) is 3.33. The third kappa shape index (κ3) is 2.98. The summed E-state index contributed by atoms with van der Waals surface area (Å²) in [5, 5.41) is 13.2. The first-order valence-corrected chi connectivity index (χ1v) is 8.84. The Bertz CT molecular complexity index is 717. The Morgan fingerprint density at radius 1 is 1.25 bits per heavy atom. The number of aromatic nitrogens is 5. The van der Waals surface area contributed by atoms with Gasteiger partial charge in [0.25, 0.3) is 0 Å². The van der Waals surface area contributed by atoms with Crippen LogP contribution in [0.1, 0.15) is 48.7 Å². The monoisotopic (exact) mass is 330 g/mol. The van der Waals surface area contributed by atoms with E-state index in [1.54, 1.807) is 0 Å². The van der Waals surface area contributed by atoms with Crippen molar-refractivity contribution in [2.75, 3.05) is 13.2 Å². The van der Waals surface area contributed by atoms with Gasteiger partial charge < -0.3 is 9.30 Å². The molecule has 2 aliphatic rings. The number of rotatable bonds is 6. The van der Waals surface area contributed by atoms with Gasteiger partial charge in [-0.1, -0.05) is 0 Å². The third-order valence-corrected chi connectivity index (χ3v) is 5.38. The van der Waals surface area contributed by atoms with E-state index in [-0.39, 0.29) is 6.04 Å². The molecule has 1 fully saturated rings. The highest BCUT2D eigenvalue weighted by atomic mass is 16.5. The summed E-state index contributed by atoms with van der Waals surface area (Å²) in [5.74, 6) is 2.80. The topological polar surface area (TPSA) is 61.0 Å². The zero-order valence-corrected chi connectivity index (χ0v) is 14.8. The summed E-state index contributed by atoms with van der Waals surface area (Å²) in [5.41, 5.74) is 2.51. The van der Waals surface area contributed by atoms with Crippen molar-refractivity contribution in [1.29, 1.82) is 0 Å². The molecular formula is C17H26N6O. The van der Waals surface area contributed by atoms with Gasteiger partial charge in [-0.2, -0.15) is 5.10 Å². The van der Waals surface area contributed by atoms with Crippen molar-refractivity contribution in [3.63, 3.8) is 0 Å². The molecule has 0 unspecified atom stereocenters. The number of ether oxygens (including phenoxy) is 1. The van der Waals surface area contributed by atoms with Crippen molar-refractivity contribution >= 4 is 0 Å². The minimum atomic E-state index is 0.253. The van der Waals surface area contributed by atoms with E-state index >= 15 is 0 Å². The van der Waals surface area contributed by atoms with E-state index < -0.39 is 0 Å². The summed E-state index contributed by atoms with van der Waals surface area (Å²) < 4.78 is 9.97. The van der Waals surface area contributed by atoms with Gasteiger partial charge in [0.05, 0.1) is 12.2 Å². The first-order chi connectivity index (χ1) is 11.6. The standard InChI is InChI=1S/C17H26N6O/c1-12-15(8-18-21(12)3)9-22-6-7-23-16(11-24-10-14-4-5-14)19-20-17(23)13(22)2/h8,13-14H,4-7,9-11H2,1-3H3/t13-/m0/s1. The van der Waals surface area contributed by atoms with E-state index in [4.69, 9.17) is 4.74 Å². The van der Waals surface area contributed by atoms with Gasteiger partial charge in [-0.3, -0.25) is 9.58 Å². The molecule has 4 rings (SSSR count). The predicted octanol–water partition coefficient (Wildman–Crippen LogP) is 1.82. The molecule has 0 aromatic carbocycles. The van der Waals surface area contributed by atoms with Crippen LogP contribution >= 0.6 is 0 Å². The van der Waals surface area contributed by atoms with E-state index in [9.17, 15) is 0 Å². The SMILES string of the molecule is Cc1c(CN2CCn3c(COCC4CC4)nnc3[C@@H]2C)cnn1C. The second-order valence-corrected chi connectivity index (χ2v) is 7.11. The zero-order valence-electron chi connectivity index (χ0n) is 14.8. The Labute approximate surface area is 142 Å². The average Bonchev–Trinajstić information content (AvgIpc) is 3.23. The van der Waals surface area contributed by atoms with Gasteiger partial charge in [0.15, 0.2) is 5.82 Å². The molecule has 0 saturated heterocycles. The lowest BCUT2D eigenvalue weighted by Crippen LogP contribution is -2.37. The molecule has 2 aromatic rings. The predicted molar refractivity (Wildman–Crippen MR) is 89.2 cm³/mol. The van der Waals surface area contributed by atoms with Gasteiger partial charge in [-0.25, -0.2) is 0 Å². The van der Waals surface area contributed by atoms with Gasteiger partial charge in [0.1, 0.15) is 12.4 Å². The second kappa shape index (κ2) is 6.29. The fourth-order valence-electron chi connectivity index (χ4n) is 3.33. The van der Waals surface area contributed by atoms with Crippen LogP contribution in [0.5, 0.6) is 0 Å². The van der Waals surface area contributed by atoms with Crippen LogP contribution in [0.15, 0.2) is 6.20 Å². The molecule has 1 aliphatic heterocycles. The van der Waals surface area contributed by atoms with Crippen molar-refractivity contribution < 1.29 is 4.74 Å². The summed E-state index contributed by atoms with van der Waals surface area (Å²) in [6.07, 6.45) is 4.61. The lowest BCUT2D eigenvalue weighted by molar-refractivity contribution is 0.0986. The van der Waals surface area contributed by atoms with Crippen molar-refractivity contribution in [2.24, 2.45) is 13.0 Å². The summed E-state index contributed by atoms with van der Waals surface area (Å²) in [6.45, 7) is 8.60. The van der Waals surface area contributed by atoms with Crippen LogP contribution < -0.4 is 0 Å². The Balaban J connectivity index is 1.43. The van der Waals surface area contributed by atoms with Crippen LogP contribution in [0.25, 0.3) is 0 Å². The number of fused-ring (bicyclic) bond motifs is 1. The van der Waals surface area contributed by atoms with Gasteiger partial charge in [-0.15, -0.1) is 10.2 Å². The molecule has 0 N–H and O–H groups in total. The van der Waals surface area contributed by atoms with Crippen LogP contribution in [-0.4, -0.2) is 42.6 Å². The maximum absolute atomic E-state index is 5.80. The molecule has 2 aromatic heterocycles.